The number of carbonyl (C=O) groups is 1. The number of likely N-dealkylation sites (tertiary alicyclic amines) is 1. The fourth-order valence-electron chi connectivity index (χ4n) is 6.18. The summed E-state index contributed by atoms with van der Waals surface area (Å²) >= 11 is 1.71. The summed E-state index contributed by atoms with van der Waals surface area (Å²) in [6, 6.07) is 6.36. The Morgan fingerprint density at radius 1 is 0.976 bits per heavy atom. The molecule has 3 unspecified atom stereocenters. The average molecular weight is 643 g/mol. The van der Waals surface area contributed by atoms with Gasteiger partial charge in [-0.2, -0.15) is 38.1 Å². The van der Waals surface area contributed by atoms with E-state index in [9.17, 15) is 43.9 Å². The molecule has 5 nitrogen and oxygen atoms in total. The van der Waals surface area contributed by atoms with Crippen LogP contribution in [0.1, 0.15) is 30.4 Å². The van der Waals surface area contributed by atoms with E-state index in [0.29, 0.717) is 30.3 Å². The van der Waals surface area contributed by atoms with Crippen LogP contribution in [-0.2, 0) is 25.0 Å². The Morgan fingerprint density at radius 2 is 1.59 bits per heavy atom. The fraction of sp³-hybridized carbons (Fsp3) is 0.500. The van der Waals surface area contributed by atoms with E-state index in [1.807, 2.05) is 0 Å². The first-order chi connectivity index (χ1) is 19.1. The lowest BCUT2D eigenvalue weighted by Crippen LogP contribution is -2.56. The number of alkyl halides is 7. The van der Waals surface area contributed by atoms with Crippen molar-refractivity contribution in [3.63, 3.8) is 0 Å². The summed E-state index contributed by atoms with van der Waals surface area (Å²) < 4.78 is 123. The van der Waals surface area contributed by atoms with Gasteiger partial charge in [0.05, 0.1) is 10.9 Å². The highest BCUT2D eigenvalue weighted by atomic mass is 32.2. The SMILES string of the molecule is O=C(C1CCSCC1)N1CCC2(S(=O)(=O)c3ccc(P)cc3)c3ccc(C(F)(C(F)(F)F)C(F)(F)F)cc3NCC12. The summed E-state index contributed by atoms with van der Waals surface area (Å²) in [7, 11) is -1.96. The van der Waals surface area contributed by atoms with Gasteiger partial charge in [0.1, 0.15) is 4.75 Å². The van der Waals surface area contributed by atoms with Crippen LogP contribution >= 0.6 is 21.0 Å². The van der Waals surface area contributed by atoms with Gasteiger partial charge in [0.25, 0.3) is 0 Å². The monoisotopic (exact) mass is 642 g/mol. The standard InChI is InChI=1S/C26H26F7N2O3PS2/c27-24(25(28,29)30,26(31,32)33)16-1-6-19-20(13-16)34-14-21-23(19,41(37,38)18-4-2-17(39)3-5-18)9-10-35(21)22(36)15-7-11-40-12-8-15/h1-6,13,15,21,34H,7-12,14,39H2. The van der Waals surface area contributed by atoms with Crippen molar-refractivity contribution in [1.82, 2.24) is 4.90 Å². The number of carbonyl (C=O) groups excluding carboxylic acids is 1. The van der Waals surface area contributed by atoms with Gasteiger partial charge in [0, 0.05) is 30.3 Å². The van der Waals surface area contributed by atoms with Crippen LogP contribution in [0.3, 0.4) is 0 Å². The number of thioether (sulfide) groups is 1. The van der Waals surface area contributed by atoms with Crippen LogP contribution in [-0.4, -0.2) is 62.2 Å². The molecule has 0 radical (unpaired) electrons. The molecule has 1 amide bonds. The average Bonchev–Trinajstić information content (AvgIpc) is 3.33. The minimum absolute atomic E-state index is 0.0229. The van der Waals surface area contributed by atoms with Gasteiger partial charge in [-0.15, -0.1) is 9.24 Å². The first-order valence-corrected chi connectivity index (χ1v) is 16.0. The van der Waals surface area contributed by atoms with Crippen LogP contribution < -0.4 is 10.6 Å². The van der Waals surface area contributed by atoms with Crippen molar-refractivity contribution in [3.8, 4) is 0 Å². The van der Waals surface area contributed by atoms with E-state index >= 15 is 0 Å². The number of nitrogens with zero attached hydrogens (tertiary/aromatic N) is 1. The molecule has 1 N–H and O–H groups in total. The zero-order chi connectivity index (χ0) is 30.0. The number of rotatable bonds is 4. The summed E-state index contributed by atoms with van der Waals surface area (Å²) in [5.41, 5.74) is -7.85. The molecular weight excluding hydrogens is 616 g/mol. The molecule has 0 bridgehead atoms. The molecule has 2 aromatic rings. The molecule has 3 atom stereocenters. The lowest BCUT2D eigenvalue weighted by Gasteiger charge is -2.44. The third-order valence-electron chi connectivity index (χ3n) is 8.30. The van der Waals surface area contributed by atoms with Gasteiger partial charge in [-0.1, -0.05) is 24.3 Å². The van der Waals surface area contributed by atoms with Gasteiger partial charge in [0.2, 0.25) is 5.91 Å². The summed E-state index contributed by atoms with van der Waals surface area (Å²) in [5.74, 6) is 0.993. The number of anilines is 1. The summed E-state index contributed by atoms with van der Waals surface area (Å²) in [4.78, 5) is 15.0. The minimum atomic E-state index is -6.32. The van der Waals surface area contributed by atoms with Gasteiger partial charge >= 0.3 is 18.0 Å². The van der Waals surface area contributed by atoms with Crippen LogP contribution in [0.2, 0.25) is 0 Å². The number of amides is 1. The van der Waals surface area contributed by atoms with Crippen molar-refractivity contribution in [2.45, 2.75) is 53.0 Å². The van der Waals surface area contributed by atoms with Crippen LogP contribution in [0.5, 0.6) is 0 Å². The molecule has 3 aliphatic heterocycles. The van der Waals surface area contributed by atoms with Gasteiger partial charge in [0.15, 0.2) is 9.84 Å². The number of hydrogen-bond acceptors (Lipinski definition) is 5. The molecule has 41 heavy (non-hydrogen) atoms. The van der Waals surface area contributed by atoms with Crippen LogP contribution in [0, 0.1) is 5.92 Å². The topological polar surface area (TPSA) is 66.5 Å². The zero-order valence-electron chi connectivity index (χ0n) is 21.4. The predicted octanol–water partition coefficient (Wildman–Crippen LogP) is 5.32. The molecule has 2 saturated heterocycles. The molecule has 2 aromatic carbocycles. The van der Waals surface area contributed by atoms with Crippen molar-refractivity contribution in [3.05, 3.63) is 53.6 Å². The van der Waals surface area contributed by atoms with E-state index in [4.69, 9.17) is 0 Å². The van der Waals surface area contributed by atoms with E-state index in [2.05, 4.69) is 14.6 Å². The molecule has 0 aliphatic carbocycles. The highest BCUT2D eigenvalue weighted by molar-refractivity contribution is 7.99. The molecule has 5 rings (SSSR count). The van der Waals surface area contributed by atoms with E-state index < -0.39 is 44.2 Å². The van der Waals surface area contributed by atoms with Crippen molar-refractivity contribution >= 4 is 47.7 Å². The Bertz CT molecular complexity index is 1430. The molecule has 2 fully saturated rings. The van der Waals surface area contributed by atoms with E-state index in [0.717, 1.165) is 17.6 Å². The number of hydrogen-bond donors (Lipinski definition) is 1. The number of fused-ring (bicyclic) bond motifs is 3. The third-order valence-corrected chi connectivity index (χ3v) is 12.3. The number of nitrogens with one attached hydrogen (secondary N) is 1. The summed E-state index contributed by atoms with van der Waals surface area (Å²) in [5, 5.41) is 3.41. The highest BCUT2D eigenvalue weighted by Gasteiger charge is 2.74. The predicted molar refractivity (Wildman–Crippen MR) is 145 cm³/mol. The Balaban J connectivity index is 1.68. The Kier molecular flexibility index (Phi) is 7.63. The lowest BCUT2D eigenvalue weighted by molar-refractivity contribution is -0.348. The van der Waals surface area contributed by atoms with Gasteiger partial charge in [-0.25, -0.2) is 12.8 Å². The van der Waals surface area contributed by atoms with Gasteiger partial charge < -0.3 is 10.2 Å². The van der Waals surface area contributed by atoms with Crippen LogP contribution in [0.15, 0.2) is 47.4 Å². The zero-order valence-corrected chi connectivity index (χ0v) is 24.1. The normalized spacial score (nSPS) is 24.0. The van der Waals surface area contributed by atoms with E-state index in [-0.39, 0.29) is 47.5 Å². The molecule has 0 aromatic heterocycles. The van der Waals surface area contributed by atoms with Crippen molar-refractivity contribution in [2.75, 3.05) is 29.9 Å². The molecule has 0 saturated carbocycles. The lowest BCUT2D eigenvalue weighted by atomic mass is 9.83. The molecule has 3 heterocycles. The molecule has 224 valence electrons. The smallest absolute Gasteiger partial charge is 0.383 e. The molecule has 0 spiro atoms. The first-order valence-electron chi connectivity index (χ1n) is 12.8. The quantitative estimate of drug-likeness (QED) is 0.362. The molecule has 15 heteroatoms. The Labute approximate surface area is 238 Å². The number of benzene rings is 2. The van der Waals surface area contributed by atoms with Crippen molar-refractivity contribution in [1.29, 1.82) is 0 Å². The molecular formula is C26H26F7N2O3PS2. The number of halogens is 7. The first kappa shape index (κ1) is 30.4. The third kappa shape index (κ3) is 4.63. The fourth-order valence-corrected chi connectivity index (χ4v) is 9.79. The van der Waals surface area contributed by atoms with Crippen LogP contribution in [0.4, 0.5) is 36.4 Å². The maximum Gasteiger partial charge on any atom is 0.435 e. The van der Waals surface area contributed by atoms with Crippen molar-refractivity contribution < 1.29 is 43.9 Å². The largest absolute Gasteiger partial charge is 0.435 e. The summed E-state index contributed by atoms with van der Waals surface area (Å²) in [6.07, 6.45) is -11.6. The van der Waals surface area contributed by atoms with Crippen molar-refractivity contribution in [2.24, 2.45) is 5.92 Å². The minimum Gasteiger partial charge on any atom is -0.383 e. The van der Waals surface area contributed by atoms with Gasteiger partial charge in [-0.05, 0) is 59.8 Å². The van der Waals surface area contributed by atoms with E-state index in [1.54, 1.807) is 11.8 Å². The van der Waals surface area contributed by atoms with E-state index in [1.165, 1.54) is 29.2 Å². The summed E-state index contributed by atoms with van der Waals surface area (Å²) in [6.45, 7) is -0.239. The highest BCUT2D eigenvalue weighted by Crippen LogP contribution is 2.57. The Hall–Kier alpha value is -2.05. The van der Waals surface area contributed by atoms with Crippen LogP contribution in [0.25, 0.3) is 0 Å². The number of sulfone groups is 1. The van der Waals surface area contributed by atoms with Gasteiger partial charge in [-0.3, -0.25) is 4.79 Å². The Morgan fingerprint density at radius 3 is 2.17 bits per heavy atom. The second-order valence-corrected chi connectivity index (χ2v) is 14.5. The molecule has 3 aliphatic rings. The second-order valence-electron chi connectivity index (χ2n) is 10.4. The second kappa shape index (κ2) is 10.3. The maximum atomic E-state index is 14.9. The maximum absolute atomic E-state index is 14.9.